The molecule has 8 nitrogen and oxygen atoms in total. The number of benzene rings is 1. The van der Waals surface area contributed by atoms with E-state index in [0.717, 1.165) is 30.7 Å². The summed E-state index contributed by atoms with van der Waals surface area (Å²) < 4.78 is 5.73. The number of nitrogens with zero attached hydrogens (tertiary/aromatic N) is 5. The van der Waals surface area contributed by atoms with E-state index in [1.54, 1.807) is 18.1 Å². The van der Waals surface area contributed by atoms with Crippen LogP contribution < -0.4 is 5.32 Å². The maximum absolute atomic E-state index is 13.0. The van der Waals surface area contributed by atoms with Gasteiger partial charge in [-0.1, -0.05) is 12.1 Å². The lowest BCUT2D eigenvalue weighted by atomic mass is 10.2. The molecule has 1 aromatic carbocycles. The second-order valence-electron chi connectivity index (χ2n) is 6.63. The molecule has 0 unspecified atom stereocenters. The highest BCUT2D eigenvalue weighted by molar-refractivity contribution is 5.98. The lowest BCUT2D eigenvalue weighted by Gasteiger charge is -2.25. The molecule has 2 amide bonds. The first-order valence-electron chi connectivity index (χ1n) is 9.06. The molecular formula is C19H22N6O2. The molecule has 1 fully saturated rings. The molecule has 0 aliphatic carbocycles. The van der Waals surface area contributed by atoms with Crippen LogP contribution in [0.2, 0.25) is 0 Å². The Morgan fingerprint density at radius 3 is 3.00 bits per heavy atom. The van der Waals surface area contributed by atoms with Crippen molar-refractivity contribution in [2.75, 3.05) is 18.5 Å². The van der Waals surface area contributed by atoms with Crippen LogP contribution in [0.3, 0.4) is 0 Å². The Labute approximate surface area is 157 Å². The molecule has 0 bridgehead atoms. The topological polar surface area (TPSA) is 85.2 Å². The summed E-state index contributed by atoms with van der Waals surface area (Å²) in [6.45, 7) is 1.70. The van der Waals surface area contributed by atoms with Crippen molar-refractivity contribution in [3.63, 3.8) is 0 Å². The number of hydrogen-bond donors (Lipinski definition) is 1. The lowest BCUT2D eigenvalue weighted by molar-refractivity contribution is 0.0816. The van der Waals surface area contributed by atoms with Crippen molar-refractivity contribution in [3.05, 3.63) is 48.3 Å². The molecule has 1 saturated heterocycles. The zero-order valence-corrected chi connectivity index (χ0v) is 15.2. The first-order valence-corrected chi connectivity index (χ1v) is 9.06. The Morgan fingerprint density at radius 2 is 2.22 bits per heavy atom. The highest BCUT2D eigenvalue weighted by atomic mass is 16.5. The molecule has 3 heterocycles. The van der Waals surface area contributed by atoms with Gasteiger partial charge in [0, 0.05) is 26.4 Å². The summed E-state index contributed by atoms with van der Waals surface area (Å²) in [5.41, 5.74) is 2.89. The van der Waals surface area contributed by atoms with Gasteiger partial charge < -0.3 is 15.0 Å². The molecule has 8 heteroatoms. The van der Waals surface area contributed by atoms with E-state index in [9.17, 15) is 4.79 Å². The van der Waals surface area contributed by atoms with E-state index >= 15 is 0 Å². The van der Waals surface area contributed by atoms with Crippen LogP contribution in [0.4, 0.5) is 10.5 Å². The van der Waals surface area contributed by atoms with Crippen molar-refractivity contribution < 1.29 is 9.53 Å². The van der Waals surface area contributed by atoms with Crippen LogP contribution in [0.5, 0.6) is 0 Å². The quantitative estimate of drug-likeness (QED) is 0.750. The van der Waals surface area contributed by atoms with Gasteiger partial charge in [-0.05, 0) is 37.1 Å². The third kappa shape index (κ3) is 4.06. The molecule has 27 heavy (non-hydrogen) atoms. The number of amides is 2. The minimum Gasteiger partial charge on any atom is -0.376 e. The minimum atomic E-state index is -0.200. The van der Waals surface area contributed by atoms with Gasteiger partial charge in [0.25, 0.3) is 0 Å². The van der Waals surface area contributed by atoms with Gasteiger partial charge in [0.15, 0.2) is 0 Å². The third-order valence-corrected chi connectivity index (χ3v) is 4.57. The van der Waals surface area contributed by atoms with Crippen molar-refractivity contribution in [1.29, 1.82) is 0 Å². The summed E-state index contributed by atoms with van der Waals surface area (Å²) in [4.78, 5) is 20.6. The zero-order chi connectivity index (χ0) is 18.6. The predicted molar refractivity (Wildman–Crippen MR) is 101 cm³/mol. The summed E-state index contributed by atoms with van der Waals surface area (Å²) in [6, 6.07) is 11.1. The molecule has 1 N–H and O–H groups in total. The third-order valence-electron chi connectivity index (χ3n) is 4.57. The van der Waals surface area contributed by atoms with E-state index in [-0.39, 0.29) is 12.1 Å². The van der Waals surface area contributed by atoms with Crippen LogP contribution in [0.1, 0.15) is 18.5 Å². The number of nitrogens with one attached hydrogen (secondary N) is 1. The molecule has 0 radical (unpaired) electrons. The number of ether oxygens (including phenoxy) is 1. The Kier molecular flexibility index (Phi) is 4.97. The zero-order valence-electron chi connectivity index (χ0n) is 15.2. The van der Waals surface area contributed by atoms with Crippen LogP contribution in [-0.2, 0) is 18.3 Å². The molecule has 140 valence electrons. The average molecular weight is 366 g/mol. The van der Waals surface area contributed by atoms with Gasteiger partial charge in [-0.2, -0.15) is 15.0 Å². The molecule has 3 aromatic rings. The minimum absolute atomic E-state index is 0.0618. The van der Waals surface area contributed by atoms with E-state index in [1.807, 2.05) is 36.4 Å². The second kappa shape index (κ2) is 7.71. The fourth-order valence-electron chi connectivity index (χ4n) is 3.28. The van der Waals surface area contributed by atoms with E-state index in [0.29, 0.717) is 24.3 Å². The van der Waals surface area contributed by atoms with E-state index in [2.05, 4.69) is 20.5 Å². The summed E-state index contributed by atoms with van der Waals surface area (Å²) in [7, 11) is 1.76. The first-order chi connectivity index (χ1) is 13.2. The fraction of sp³-hybridized carbons (Fsp3) is 0.368. The average Bonchev–Trinajstić information content (AvgIpc) is 3.31. The number of carbonyl (C=O) groups excluding carboxylic acids is 1. The molecule has 2 aromatic heterocycles. The van der Waals surface area contributed by atoms with Crippen LogP contribution in [-0.4, -0.2) is 50.2 Å². The second-order valence-corrected chi connectivity index (χ2v) is 6.63. The Morgan fingerprint density at radius 1 is 1.30 bits per heavy atom. The highest BCUT2D eigenvalue weighted by Gasteiger charge is 2.24. The number of aromatic nitrogens is 4. The summed E-state index contributed by atoms with van der Waals surface area (Å²) >= 11 is 0. The molecule has 1 aliphatic rings. The summed E-state index contributed by atoms with van der Waals surface area (Å²) in [5.74, 6) is 0. The van der Waals surface area contributed by atoms with Gasteiger partial charge in [0.05, 0.1) is 24.0 Å². The predicted octanol–water partition coefficient (Wildman–Crippen LogP) is 2.58. The number of hydrogen-bond acceptors (Lipinski definition) is 5. The van der Waals surface area contributed by atoms with Crippen LogP contribution in [0, 0.1) is 0 Å². The molecule has 0 saturated carbocycles. The summed E-state index contributed by atoms with van der Waals surface area (Å²) in [5, 5.41) is 11.6. The van der Waals surface area contributed by atoms with Crippen molar-refractivity contribution in [3.8, 4) is 0 Å². The first kappa shape index (κ1) is 17.4. The van der Waals surface area contributed by atoms with E-state index in [1.165, 1.54) is 4.80 Å². The lowest BCUT2D eigenvalue weighted by Crippen LogP contribution is -2.39. The van der Waals surface area contributed by atoms with E-state index in [4.69, 9.17) is 4.74 Å². The van der Waals surface area contributed by atoms with Crippen molar-refractivity contribution in [1.82, 2.24) is 24.9 Å². The van der Waals surface area contributed by atoms with Gasteiger partial charge in [-0.15, -0.1) is 0 Å². The monoisotopic (exact) mass is 366 g/mol. The Hall–Kier alpha value is -3.00. The number of rotatable bonds is 5. The molecule has 1 atom stereocenters. The number of urea groups is 1. The van der Waals surface area contributed by atoms with E-state index < -0.39 is 0 Å². The maximum Gasteiger partial charge on any atom is 0.322 e. The van der Waals surface area contributed by atoms with Gasteiger partial charge in [-0.3, -0.25) is 4.98 Å². The highest BCUT2D eigenvalue weighted by Crippen LogP contribution is 2.21. The fourth-order valence-corrected chi connectivity index (χ4v) is 3.28. The van der Waals surface area contributed by atoms with Gasteiger partial charge >= 0.3 is 6.03 Å². The normalized spacial score (nSPS) is 16.6. The largest absolute Gasteiger partial charge is 0.376 e. The van der Waals surface area contributed by atoms with Crippen molar-refractivity contribution in [2.24, 2.45) is 7.05 Å². The van der Waals surface area contributed by atoms with Crippen LogP contribution in [0.15, 0.2) is 42.6 Å². The van der Waals surface area contributed by atoms with Crippen molar-refractivity contribution in [2.45, 2.75) is 25.5 Å². The van der Waals surface area contributed by atoms with Crippen LogP contribution in [0.25, 0.3) is 11.0 Å². The van der Waals surface area contributed by atoms with Crippen LogP contribution >= 0.6 is 0 Å². The number of fused-ring (bicyclic) bond motifs is 1. The molecule has 1 aliphatic heterocycles. The Bertz CT molecular complexity index is 920. The van der Waals surface area contributed by atoms with Gasteiger partial charge in [0.2, 0.25) is 0 Å². The number of pyridine rings is 1. The van der Waals surface area contributed by atoms with Gasteiger partial charge in [-0.25, -0.2) is 4.79 Å². The smallest absolute Gasteiger partial charge is 0.322 e. The van der Waals surface area contributed by atoms with Gasteiger partial charge in [0.1, 0.15) is 11.0 Å². The number of carbonyl (C=O) groups is 1. The number of anilines is 1. The summed E-state index contributed by atoms with van der Waals surface area (Å²) in [6.07, 6.45) is 3.79. The number of aryl methyl sites for hydroxylation is 1. The standard InChI is InChI=1S/C19H22N6O2/c1-24-22-17-9-4-8-16(18(17)23-24)21-19(26)25(13-15-7-5-11-27-15)12-14-6-2-3-10-20-14/h2-4,6,8-10,15H,5,7,11-13H2,1H3,(H,21,26)/t15-/m1/s1. The molecule has 0 spiro atoms. The Balaban J connectivity index is 1.55. The molecule has 4 rings (SSSR count). The SMILES string of the molecule is Cn1nc2cccc(NC(=O)N(Cc3ccccn3)C[C@H]3CCCO3)c2n1. The van der Waals surface area contributed by atoms with Crippen molar-refractivity contribution >= 4 is 22.8 Å². The maximum atomic E-state index is 13.0. The molecular weight excluding hydrogens is 344 g/mol.